The first-order valence-electron chi connectivity index (χ1n) is 12.0. The van der Waals surface area contributed by atoms with Gasteiger partial charge >= 0.3 is 5.97 Å². The predicted molar refractivity (Wildman–Crippen MR) is 133 cm³/mol. The lowest BCUT2D eigenvalue weighted by molar-refractivity contribution is 0.0474. The molecule has 0 atom stereocenters. The highest BCUT2D eigenvalue weighted by Gasteiger charge is 2.29. The number of piperidine rings is 1. The number of morpholine rings is 1. The average molecular weight is 501 g/mol. The molecule has 0 aliphatic carbocycles. The Hall–Kier alpha value is -2.75. The number of carbonyl (C=O) groups excluding carboxylic acids is 2. The zero-order chi connectivity index (χ0) is 25.0. The van der Waals surface area contributed by atoms with Crippen LogP contribution in [0.15, 0.2) is 41.3 Å². The molecule has 0 N–H and O–H groups in total. The van der Waals surface area contributed by atoms with Crippen molar-refractivity contribution in [2.45, 2.75) is 38.0 Å². The molecule has 2 aromatic carbocycles. The van der Waals surface area contributed by atoms with Gasteiger partial charge in [-0.1, -0.05) is 24.1 Å². The van der Waals surface area contributed by atoms with E-state index in [0.29, 0.717) is 50.6 Å². The Morgan fingerprint density at radius 3 is 2.34 bits per heavy atom. The molecule has 0 radical (unpaired) electrons. The Morgan fingerprint density at radius 2 is 1.63 bits per heavy atom. The normalized spacial score (nSPS) is 17.3. The summed E-state index contributed by atoms with van der Waals surface area (Å²) in [6, 6.07) is 10.1. The molecule has 2 aliphatic rings. The second-order valence-electron chi connectivity index (χ2n) is 9.06. The lowest BCUT2D eigenvalue weighted by Crippen LogP contribution is -2.38. The van der Waals surface area contributed by atoms with Crippen LogP contribution >= 0.6 is 0 Å². The number of anilines is 1. The number of carbonyl (C=O) groups is 2. The topological polar surface area (TPSA) is 93.2 Å². The van der Waals surface area contributed by atoms with E-state index in [1.165, 1.54) is 10.4 Å². The molecule has 2 aliphatic heterocycles. The maximum atomic E-state index is 13.3. The van der Waals surface area contributed by atoms with E-state index in [9.17, 15) is 18.0 Å². The summed E-state index contributed by atoms with van der Waals surface area (Å²) in [7, 11) is -3.73. The second-order valence-corrected chi connectivity index (χ2v) is 11.0. The van der Waals surface area contributed by atoms with Crippen LogP contribution in [0.25, 0.3) is 0 Å². The fourth-order valence-corrected chi connectivity index (χ4v) is 6.04. The first-order chi connectivity index (χ1) is 16.8. The van der Waals surface area contributed by atoms with Gasteiger partial charge in [0.05, 0.1) is 29.4 Å². The Labute approximate surface area is 206 Å². The number of ketones is 1. The van der Waals surface area contributed by atoms with Crippen molar-refractivity contribution in [2.24, 2.45) is 0 Å². The first-order valence-corrected chi connectivity index (χ1v) is 13.5. The third-order valence-corrected chi connectivity index (χ3v) is 8.41. The highest BCUT2D eigenvalue weighted by atomic mass is 32.2. The maximum Gasteiger partial charge on any atom is 0.340 e. The number of hydrogen-bond donors (Lipinski definition) is 0. The van der Waals surface area contributed by atoms with Gasteiger partial charge in [0.2, 0.25) is 15.8 Å². The number of nitrogens with zero attached hydrogens (tertiary/aromatic N) is 2. The van der Waals surface area contributed by atoms with E-state index in [0.717, 1.165) is 30.4 Å². The molecule has 35 heavy (non-hydrogen) atoms. The molecule has 8 nitrogen and oxygen atoms in total. The summed E-state index contributed by atoms with van der Waals surface area (Å²) in [6.07, 6.45) is 2.65. The average Bonchev–Trinajstić information content (AvgIpc) is 2.89. The van der Waals surface area contributed by atoms with Crippen molar-refractivity contribution in [1.29, 1.82) is 0 Å². The molecule has 0 saturated carbocycles. The van der Waals surface area contributed by atoms with Crippen LogP contribution in [0.2, 0.25) is 0 Å². The molecule has 2 aromatic rings. The molecule has 0 aromatic heterocycles. The molecule has 2 fully saturated rings. The number of sulfonamides is 1. The predicted octanol–water partition coefficient (Wildman–Crippen LogP) is 3.35. The zero-order valence-corrected chi connectivity index (χ0v) is 21.1. The number of hydrogen-bond acceptors (Lipinski definition) is 7. The van der Waals surface area contributed by atoms with Gasteiger partial charge in [-0.3, -0.25) is 4.79 Å². The van der Waals surface area contributed by atoms with E-state index < -0.39 is 22.6 Å². The van der Waals surface area contributed by atoms with Crippen molar-refractivity contribution in [3.05, 3.63) is 58.7 Å². The van der Waals surface area contributed by atoms with Crippen LogP contribution in [0.4, 0.5) is 5.69 Å². The molecular formula is C26H32N2O6S. The first kappa shape index (κ1) is 25.3. The number of esters is 1. The van der Waals surface area contributed by atoms with Gasteiger partial charge in [0.15, 0.2) is 6.61 Å². The quantitative estimate of drug-likeness (QED) is 0.425. The van der Waals surface area contributed by atoms with Gasteiger partial charge in [0.1, 0.15) is 0 Å². The number of benzene rings is 2. The Kier molecular flexibility index (Phi) is 7.88. The summed E-state index contributed by atoms with van der Waals surface area (Å²) in [5.41, 5.74) is 2.97. The van der Waals surface area contributed by atoms with E-state index in [4.69, 9.17) is 9.47 Å². The van der Waals surface area contributed by atoms with E-state index >= 15 is 0 Å². The minimum absolute atomic E-state index is 0.0595. The minimum Gasteiger partial charge on any atom is -0.454 e. The molecule has 2 heterocycles. The third-order valence-electron chi connectivity index (χ3n) is 6.52. The fraction of sp³-hybridized carbons (Fsp3) is 0.462. The van der Waals surface area contributed by atoms with Crippen molar-refractivity contribution < 1.29 is 27.5 Å². The SMILES string of the molecule is Cc1ccc(C)c(C(=O)COC(=O)c2cc(S(=O)(=O)N3CCCCC3)ccc2N2CCOCC2)c1. The highest BCUT2D eigenvalue weighted by Crippen LogP contribution is 2.29. The number of aryl methyl sites for hydroxylation is 2. The maximum absolute atomic E-state index is 13.3. The fourth-order valence-electron chi connectivity index (χ4n) is 4.50. The Bertz CT molecular complexity index is 1200. The lowest BCUT2D eigenvalue weighted by Gasteiger charge is -2.31. The molecule has 9 heteroatoms. The molecule has 2 saturated heterocycles. The summed E-state index contributed by atoms with van der Waals surface area (Å²) in [6.45, 7) is 6.40. The van der Waals surface area contributed by atoms with Gasteiger partial charge in [-0.15, -0.1) is 0 Å². The zero-order valence-electron chi connectivity index (χ0n) is 20.3. The van der Waals surface area contributed by atoms with Crippen molar-refractivity contribution >= 4 is 27.5 Å². The monoisotopic (exact) mass is 500 g/mol. The van der Waals surface area contributed by atoms with Gasteiger partial charge in [0, 0.05) is 31.7 Å². The standard InChI is InChI=1S/C26H32N2O6S/c1-19-6-7-20(2)22(16-19)25(29)18-34-26(30)23-17-21(35(31,32)28-10-4-3-5-11-28)8-9-24(23)27-12-14-33-15-13-27/h6-9,16-17H,3-5,10-15,18H2,1-2H3. The van der Waals surface area contributed by atoms with E-state index in [1.54, 1.807) is 18.2 Å². The summed E-state index contributed by atoms with van der Waals surface area (Å²) in [5.74, 6) is -1.02. The van der Waals surface area contributed by atoms with Gasteiger partial charge in [-0.05, 0) is 56.5 Å². The smallest absolute Gasteiger partial charge is 0.340 e. The molecule has 0 bridgehead atoms. The van der Waals surface area contributed by atoms with E-state index in [2.05, 4.69) is 0 Å². The molecule has 188 valence electrons. The van der Waals surface area contributed by atoms with Crippen molar-refractivity contribution in [3.63, 3.8) is 0 Å². The summed E-state index contributed by atoms with van der Waals surface area (Å²) in [4.78, 5) is 28.0. The van der Waals surface area contributed by atoms with Crippen molar-refractivity contribution in [2.75, 3.05) is 50.9 Å². The van der Waals surface area contributed by atoms with Crippen LogP contribution in [-0.2, 0) is 19.5 Å². The van der Waals surface area contributed by atoms with Crippen LogP contribution < -0.4 is 4.90 Å². The van der Waals surface area contributed by atoms with Gasteiger partial charge < -0.3 is 14.4 Å². The van der Waals surface area contributed by atoms with Gasteiger partial charge in [-0.25, -0.2) is 13.2 Å². The van der Waals surface area contributed by atoms with Crippen LogP contribution in [0, 0.1) is 13.8 Å². The molecule has 4 rings (SSSR count). The number of rotatable bonds is 7. The van der Waals surface area contributed by atoms with Gasteiger partial charge in [-0.2, -0.15) is 4.31 Å². The third kappa shape index (κ3) is 5.74. The second kappa shape index (κ2) is 10.9. The number of Topliss-reactive ketones (excluding diaryl/α,β-unsaturated/α-hetero) is 1. The molecule has 0 spiro atoms. The van der Waals surface area contributed by atoms with Crippen LogP contribution in [-0.4, -0.2) is 70.5 Å². The van der Waals surface area contributed by atoms with E-state index in [-0.39, 0.29) is 16.2 Å². The largest absolute Gasteiger partial charge is 0.454 e. The number of ether oxygens (including phenoxy) is 2. The lowest BCUT2D eigenvalue weighted by atomic mass is 10.0. The molecule has 0 unspecified atom stereocenters. The van der Waals surface area contributed by atoms with Crippen LogP contribution in [0.1, 0.15) is 51.1 Å². The Morgan fingerprint density at radius 1 is 0.914 bits per heavy atom. The van der Waals surface area contributed by atoms with Crippen LogP contribution in [0.3, 0.4) is 0 Å². The summed E-state index contributed by atoms with van der Waals surface area (Å²) in [5, 5.41) is 0. The van der Waals surface area contributed by atoms with Crippen molar-refractivity contribution in [1.82, 2.24) is 4.31 Å². The minimum atomic E-state index is -3.73. The van der Waals surface area contributed by atoms with E-state index in [1.807, 2.05) is 30.9 Å². The molecule has 0 amide bonds. The Balaban J connectivity index is 1.61. The summed E-state index contributed by atoms with van der Waals surface area (Å²) >= 11 is 0. The summed E-state index contributed by atoms with van der Waals surface area (Å²) < 4.78 is 38.8. The molecular weight excluding hydrogens is 468 g/mol. The van der Waals surface area contributed by atoms with Crippen LogP contribution in [0.5, 0.6) is 0 Å². The highest BCUT2D eigenvalue weighted by molar-refractivity contribution is 7.89. The van der Waals surface area contributed by atoms with Crippen molar-refractivity contribution in [3.8, 4) is 0 Å². The van der Waals surface area contributed by atoms with Gasteiger partial charge in [0.25, 0.3) is 0 Å².